The van der Waals surface area contributed by atoms with Crippen LogP contribution in [0.1, 0.15) is 43.6 Å². The highest BCUT2D eigenvalue weighted by Gasteiger charge is 2.34. The number of pyridine rings is 1. The van der Waals surface area contributed by atoms with Crippen molar-refractivity contribution in [1.29, 1.82) is 0 Å². The van der Waals surface area contributed by atoms with E-state index < -0.39 is 11.6 Å². The van der Waals surface area contributed by atoms with Crippen molar-refractivity contribution in [2.24, 2.45) is 5.92 Å². The molecule has 6 heteroatoms. The first kappa shape index (κ1) is 21.5. The second-order valence-electron chi connectivity index (χ2n) is 9.25. The van der Waals surface area contributed by atoms with E-state index >= 15 is 0 Å². The number of anilines is 1. The van der Waals surface area contributed by atoms with Crippen LogP contribution in [0.15, 0.2) is 48.7 Å². The van der Waals surface area contributed by atoms with Gasteiger partial charge in [-0.1, -0.05) is 29.8 Å². The third-order valence-electron chi connectivity index (χ3n) is 7.13. The van der Waals surface area contributed by atoms with Crippen LogP contribution >= 0.6 is 11.6 Å². The summed E-state index contributed by atoms with van der Waals surface area (Å²) in [6.07, 6.45) is 7.51. The fourth-order valence-electron chi connectivity index (χ4n) is 5.52. The first-order valence-electron chi connectivity index (χ1n) is 11.6. The minimum atomic E-state index is -0.651. The maximum atomic E-state index is 14.4. The molecule has 1 saturated heterocycles. The second-order valence-corrected chi connectivity index (χ2v) is 9.66. The van der Waals surface area contributed by atoms with Crippen LogP contribution in [0.3, 0.4) is 0 Å². The lowest BCUT2D eigenvalue weighted by molar-refractivity contribution is 0.213. The van der Waals surface area contributed by atoms with E-state index in [1.54, 1.807) is 6.07 Å². The molecule has 2 heterocycles. The lowest BCUT2D eigenvalue weighted by atomic mass is 9.74. The molecule has 32 heavy (non-hydrogen) atoms. The van der Waals surface area contributed by atoms with Crippen molar-refractivity contribution in [3.05, 3.63) is 65.1 Å². The lowest BCUT2D eigenvalue weighted by Crippen LogP contribution is -2.37. The third-order valence-corrected chi connectivity index (χ3v) is 7.42. The van der Waals surface area contributed by atoms with E-state index in [1.807, 2.05) is 30.5 Å². The van der Waals surface area contributed by atoms with Crippen LogP contribution in [0.2, 0.25) is 5.02 Å². The van der Waals surface area contributed by atoms with Crippen LogP contribution in [0.4, 0.5) is 10.1 Å². The van der Waals surface area contributed by atoms with Crippen LogP contribution in [0.25, 0.3) is 10.9 Å². The van der Waals surface area contributed by atoms with E-state index in [0.29, 0.717) is 5.92 Å². The van der Waals surface area contributed by atoms with E-state index in [4.69, 9.17) is 11.6 Å². The number of para-hydroxylation sites is 1. The number of nitrogens with one attached hydrogen (secondary N) is 1. The molecule has 0 amide bonds. The van der Waals surface area contributed by atoms with Gasteiger partial charge in [-0.2, -0.15) is 0 Å². The van der Waals surface area contributed by atoms with Gasteiger partial charge in [0.15, 0.2) is 11.6 Å². The second kappa shape index (κ2) is 9.24. The van der Waals surface area contributed by atoms with E-state index in [-0.39, 0.29) is 17.0 Å². The topological polar surface area (TPSA) is 48.4 Å². The summed E-state index contributed by atoms with van der Waals surface area (Å²) < 4.78 is 14.4. The summed E-state index contributed by atoms with van der Waals surface area (Å²) in [5.41, 5.74) is 2.86. The lowest BCUT2D eigenvalue weighted by Gasteiger charge is -2.39. The number of phenolic OH excluding ortho intramolecular Hbond substituents is 1. The number of halogens is 2. The molecule has 2 aromatic carbocycles. The Bertz CT molecular complexity index is 1070. The SMILES string of the molecule is Oc1c(F)cc(C2C[C@H](CN3CCCC3)CC[C@H]2Nc2ccnc3ccccc23)cc1Cl. The largest absolute Gasteiger partial charge is 0.504 e. The predicted molar refractivity (Wildman–Crippen MR) is 128 cm³/mol. The van der Waals surface area contributed by atoms with Crippen molar-refractivity contribution in [2.45, 2.75) is 44.1 Å². The van der Waals surface area contributed by atoms with Gasteiger partial charge in [0, 0.05) is 35.8 Å². The zero-order valence-electron chi connectivity index (χ0n) is 18.1. The van der Waals surface area contributed by atoms with Gasteiger partial charge < -0.3 is 15.3 Å². The number of aromatic hydroxyl groups is 1. The highest BCUT2D eigenvalue weighted by Crippen LogP contribution is 2.42. The number of aromatic nitrogens is 1. The summed E-state index contributed by atoms with van der Waals surface area (Å²) in [5.74, 6) is -0.441. The first-order chi connectivity index (χ1) is 15.6. The average molecular weight is 454 g/mol. The van der Waals surface area contributed by atoms with Crippen LogP contribution < -0.4 is 5.32 Å². The minimum Gasteiger partial charge on any atom is -0.504 e. The number of nitrogens with zero attached hydrogens (tertiary/aromatic N) is 2. The molecule has 1 aliphatic heterocycles. The smallest absolute Gasteiger partial charge is 0.170 e. The number of hydrogen-bond donors (Lipinski definition) is 2. The van der Waals surface area contributed by atoms with Crippen molar-refractivity contribution in [3.63, 3.8) is 0 Å². The molecule has 1 saturated carbocycles. The predicted octanol–water partition coefficient (Wildman–Crippen LogP) is 6.19. The summed E-state index contributed by atoms with van der Waals surface area (Å²) in [5, 5.41) is 14.8. The molecule has 1 aliphatic carbocycles. The summed E-state index contributed by atoms with van der Waals surface area (Å²) in [6, 6.07) is 13.5. The third kappa shape index (κ3) is 4.41. The van der Waals surface area contributed by atoms with Gasteiger partial charge in [-0.15, -0.1) is 0 Å². The quantitative estimate of drug-likeness (QED) is 0.483. The Morgan fingerprint density at radius 3 is 2.75 bits per heavy atom. The molecule has 0 spiro atoms. The highest BCUT2D eigenvalue weighted by molar-refractivity contribution is 6.32. The number of phenols is 1. The fraction of sp³-hybridized carbons (Fsp3) is 0.423. The Morgan fingerprint density at radius 2 is 1.94 bits per heavy atom. The number of benzene rings is 2. The van der Waals surface area contributed by atoms with E-state index in [2.05, 4.69) is 21.3 Å². The van der Waals surface area contributed by atoms with E-state index in [0.717, 1.165) is 48.0 Å². The van der Waals surface area contributed by atoms with Crippen LogP contribution in [-0.2, 0) is 0 Å². The standard InChI is InChI=1S/C26H29ClFN3O/c27-21-14-18(15-22(28)26(21)32)20-13-17(16-31-11-3-4-12-31)7-8-24(20)30-25-9-10-29-23-6-2-1-5-19(23)25/h1-2,5-6,9-10,14-15,17,20,24,32H,3-4,7-8,11-13,16H2,(H,29,30)/t17-,20?,24-/m1/s1. The summed E-state index contributed by atoms with van der Waals surface area (Å²) in [6.45, 7) is 3.48. The number of hydrogen-bond acceptors (Lipinski definition) is 4. The molecular formula is C26H29ClFN3O. The van der Waals surface area contributed by atoms with Gasteiger partial charge in [-0.05, 0) is 80.9 Å². The zero-order valence-corrected chi connectivity index (χ0v) is 18.9. The average Bonchev–Trinajstić information content (AvgIpc) is 3.31. The Balaban J connectivity index is 1.44. The summed E-state index contributed by atoms with van der Waals surface area (Å²) >= 11 is 6.17. The van der Waals surface area contributed by atoms with Crippen molar-refractivity contribution in [3.8, 4) is 5.75 Å². The Morgan fingerprint density at radius 1 is 1.12 bits per heavy atom. The molecule has 2 N–H and O–H groups in total. The van der Waals surface area contributed by atoms with Gasteiger partial charge in [0.2, 0.25) is 0 Å². The normalized spacial score (nSPS) is 24.1. The molecular weight excluding hydrogens is 425 g/mol. The van der Waals surface area contributed by atoms with Crippen LogP contribution in [0, 0.1) is 11.7 Å². The first-order valence-corrected chi connectivity index (χ1v) is 12.0. The molecule has 0 radical (unpaired) electrons. The van der Waals surface area contributed by atoms with Crippen LogP contribution in [-0.4, -0.2) is 40.7 Å². The van der Waals surface area contributed by atoms with Gasteiger partial charge in [-0.3, -0.25) is 4.98 Å². The zero-order chi connectivity index (χ0) is 22.1. The Hall–Kier alpha value is -2.37. The number of likely N-dealkylation sites (tertiary alicyclic amines) is 1. The molecule has 2 fully saturated rings. The molecule has 3 atom stereocenters. The molecule has 2 aliphatic rings. The van der Waals surface area contributed by atoms with Gasteiger partial charge in [0.25, 0.3) is 0 Å². The van der Waals surface area contributed by atoms with E-state index in [9.17, 15) is 9.50 Å². The van der Waals surface area contributed by atoms with Crippen molar-refractivity contribution in [2.75, 3.05) is 25.0 Å². The van der Waals surface area contributed by atoms with Crippen molar-refractivity contribution >= 4 is 28.2 Å². The minimum absolute atomic E-state index is 0.0785. The molecule has 4 nitrogen and oxygen atoms in total. The molecule has 3 aromatic rings. The summed E-state index contributed by atoms with van der Waals surface area (Å²) in [4.78, 5) is 7.04. The van der Waals surface area contributed by atoms with Gasteiger partial charge in [0.1, 0.15) is 0 Å². The molecule has 1 unspecified atom stereocenters. The molecule has 0 bridgehead atoms. The molecule has 5 rings (SSSR count). The maximum absolute atomic E-state index is 14.4. The van der Waals surface area contributed by atoms with E-state index in [1.165, 1.54) is 32.0 Å². The van der Waals surface area contributed by atoms with Gasteiger partial charge in [0.05, 0.1) is 10.5 Å². The monoisotopic (exact) mass is 453 g/mol. The fourth-order valence-corrected chi connectivity index (χ4v) is 5.73. The van der Waals surface area contributed by atoms with Gasteiger partial charge >= 0.3 is 0 Å². The Labute approximate surface area is 193 Å². The molecule has 1 aromatic heterocycles. The van der Waals surface area contributed by atoms with Crippen LogP contribution in [0.5, 0.6) is 5.75 Å². The number of fused-ring (bicyclic) bond motifs is 1. The van der Waals surface area contributed by atoms with Crippen molar-refractivity contribution in [1.82, 2.24) is 9.88 Å². The summed E-state index contributed by atoms with van der Waals surface area (Å²) in [7, 11) is 0. The number of rotatable bonds is 5. The highest BCUT2D eigenvalue weighted by atomic mass is 35.5. The van der Waals surface area contributed by atoms with Crippen molar-refractivity contribution < 1.29 is 9.50 Å². The van der Waals surface area contributed by atoms with Gasteiger partial charge in [-0.25, -0.2) is 4.39 Å². The maximum Gasteiger partial charge on any atom is 0.170 e. The molecule has 168 valence electrons. The Kier molecular flexibility index (Phi) is 6.20.